The third-order valence-corrected chi connectivity index (χ3v) is 5.72. The van der Waals surface area contributed by atoms with Gasteiger partial charge in [0.05, 0.1) is 18.6 Å². The van der Waals surface area contributed by atoms with E-state index in [9.17, 15) is 13.2 Å². The molecular formula is C22H30N2O4S. The molecule has 0 unspecified atom stereocenters. The van der Waals surface area contributed by atoms with Crippen LogP contribution in [0.5, 0.6) is 5.75 Å². The van der Waals surface area contributed by atoms with E-state index in [0.29, 0.717) is 30.9 Å². The number of rotatable bonds is 11. The van der Waals surface area contributed by atoms with Crippen LogP contribution in [0.25, 0.3) is 0 Å². The van der Waals surface area contributed by atoms with Gasteiger partial charge in [-0.25, -0.2) is 8.42 Å². The number of hydrogen-bond donors (Lipinski definition) is 1. The van der Waals surface area contributed by atoms with Gasteiger partial charge in [-0.3, -0.25) is 9.10 Å². The van der Waals surface area contributed by atoms with Crippen LogP contribution < -0.4 is 14.4 Å². The van der Waals surface area contributed by atoms with Crippen molar-refractivity contribution in [1.29, 1.82) is 0 Å². The molecule has 0 aliphatic heterocycles. The molecule has 0 atom stereocenters. The molecule has 0 radical (unpaired) electrons. The number of carbonyl (C=O) groups is 1. The number of para-hydroxylation sites is 1. The Morgan fingerprint density at radius 1 is 1.07 bits per heavy atom. The molecule has 0 bridgehead atoms. The molecule has 6 nitrogen and oxygen atoms in total. The number of ether oxygens (including phenoxy) is 1. The minimum Gasteiger partial charge on any atom is -0.493 e. The van der Waals surface area contributed by atoms with Gasteiger partial charge in [-0.1, -0.05) is 25.1 Å². The van der Waals surface area contributed by atoms with Crippen molar-refractivity contribution < 1.29 is 17.9 Å². The smallest absolute Gasteiger partial charge is 0.251 e. The van der Waals surface area contributed by atoms with Crippen LogP contribution in [0.4, 0.5) is 5.69 Å². The minimum absolute atomic E-state index is 0.172. The van der Waals surface area contributed by atoms with Gasteiger partial charge >= 0.3 is 0 Å². The van der Waals surface area contributed by atoms with E-state index in [1.165, 1.54) is 10.6 Å². The SMILES string of the molecule is CCCOc1ccccc1CCCNC(=O)c1ccc(N(CC)S(C)(=O)=O)cc1. The Labute approximate surface area is 173 Å². The summed E-state index contributed by atoms with van der Waals surface area (Å²) in [5, 5.41) is 2.91. The van der Waals surface area contributed by atoms with Gasteiger partial charge in [0, 0.05) is 18.7 Å². The van der Waals surface area contributed by atoms with E-state index in [4.69, 9.17) is 4.74 Å². The van der Waals surface area contributed by atoms with Crippen molar-refractivity contribution >= 4 is 21.6 Å². The van der Waals surface area contributed by atoms with Crippen molar-refractivity contribution in [3.8, 4) is 5.75 Å². The molecule has 2 rings (SSSR count). The van der Waals surface area contributed by atoms with E-state index in [-0.39, 0.29) is 5.91 Å². The summed E-state index contributed by atoms with van der Waals surface area (Å²) in [5.41, 5.74) is 2.19. The number of anilines is 1. The van der Waals surface area contributed by atoms with Crippen molar-refractivity contribution in [3.05, 3.63) is 59.7 Å². The van der Waals surface area contributed by atoms with Gasteiger partial charge in [0.25, 0.3) is 5.91 Å². The monoisotopic (exact) mass is 418 g/mol. The average molecular weight is 419 g/mol. The van der Waals surface area contributed by atoms with E-state index in [2.05, 4.69) is 12.2 Å². The molecule has 0 heterocycles. The van der Waals surface area contributed by atoms with Gasteiger partial charge < -0.3 is 10.1 Å². The first-order valence-corrected chi connectivity index (χ1v) is 11.8. The van der Waals surface area contributed by atoms with Crippen LogP contribution in [-0.4, -0.2) is 40.3 Å². The third-order valence-electron chi connectivity index (χ3n) is 4.45. The van der Waals surface area contributed by atoms with Crippen molar-refractivity contribution in [2.75, 3.05) is 30.3 Å². The average Bonchev–Trinajstić information content (AvgIpc) is 2.70. The molecule has 0 aliphatic rings. The number of hydrogen-bond acceptors (Lipinski definition) is 4. The van der Waals surface area contributed by atoms with Crippen LogP contribution in [0.3, 0.4) is 0 Å². The van der Waals surface area contributed by atoms with Crippen LogP contribution in [0.15, 0.2) is 48.5 Å². The van der Waals surface area contributed by atoms with Crippen LogP contribution >= 0.6 is 0 Å². The molecule has 0 aliphatic carbocycles. The van der Waals surface area contributed by atoms with Crippen molar-refractivity contribution in [1.82, 2.24) is 5.32 Å². The Hall–Kier alpha value is -2.54. The quantitative estimate of drug-likeness (QED) is 0.566. The first kappa shape index (κ1) is 22.7. The topological polar surface area (TPSA) is 75.7 Å². The van der Waals surface area contributed by atoms with Gasteiger partial charge in [0.1, 0.15) is 5.75 Å². The molecular weight excluding hydrogens is 388 g/mol. The second-order valence-electron chi connectivity index (χ2n) is 6.79. The van der Waals surface area contributed by atoms with E-state index >= 15 is 0 Å². The number of nitrogens with zero attached hydrogens (tertiary/aromatic N) is 1. The molecule has 0 aromatic heterocycles. The van der Waals surface area contributed by atoms with Crippen molar-refractivity contribution in [2.45, 2.75) is 33.1 Å². The highest BCUT2D eigenvalue weighted by Gasteiger charge is 2.15. The maximum atomic E-state index is 12.3. The summed E-state index contributed by atoms with van der Waals surface area (Å²) in [6, 6.07) is 14.6. The van der Waals surface area contributed by atoms with Crippen LogP contribution in [0.2, 0.25) is 0 Å². The lowest BCUT2D eigenvalue weighted by molar-refractivity contribution is 0.0953. The summed E-state index contributed by atoms with van der Waals surface area (Å²) in [6.07, 6.45) is 3.75. The molecule has 1 N–H and O–H groups in total. The summed E-state index contributed by atoms with van der Waals surface area (Å²) in [6.45, 7) is 5.43. The Morgan fingerprint density at radius 2 is 1.76 bits per heavy atom. The van der Waals surface area contributed by atoms with Crippen molar-refractivity contribution in [3.63, 3.8) is 0 Å². The Morgan fingerprint density at radius 3 is 2.38 bits per heavy atom. The van der Waals surface area contributed by atoms with E-state index in [1.807, 2.05) is 24.3 Å². The molecule has 0 fully saturated rings. The maximum absolute atomic E-state index is 12.3. The zero-order valence-corrected chi connectivity index (χ0v) is 18.2. The first-order chi connectivity index (χ1) is 13.9. The highest BCUT2D eigenvalue weighted by molar-refractivity contribution is 7.92. The Balaban J connectivity index is 1.87. The van der Waals surface area contributed by atoms with Crippen molar-refractivity contribution in [2.24, 2.45) is 0 Å². The number of aryl methyl sites for hydroxylation is 1. The largest absolute Gasteiger partial charge is 0.493 e. The lowest BCUT2D eigenvalue weighted by atomic mass is 10.1. The number of sulfonamides is 1. The number of nitrogens with one attached hydrogen (secondary N) is 1. The van der Waals surface area contributed by atoms with Crippen LogP contribution in [-0.2, 0) is 16.4 Å². The molecule has 29 heavy (non-hydrogen) atoms. The lowest BCUT2D eigenvalue weighted by Crippen LogP contribution is -2.29. The van der Waals surface area contributed by atoms with Gasteiger partial charge in [-0.05, 0) is 62.1 Å². The van der Waals surface area contributed by atoms with Gasteiger partial charge in [-0.2, -0.15) is 0 Å². The standard InChI is InChI=1S/C22H30N2O4S/c1-4-17-28-21-11-7-6-9-18(21)10-8-16-23-22(25)19-12-14-20(15-13-19)24(5-2)29(3,26)27/h6-7,9,11-15H,4-5,8,10,16-17H2,1-3H3,(H,23,25). The van der Waals surface area contributed by atoms with Crippen LogP contribution in [0.1, 0.15) is 42.6 Å². The fraction of sp³-hybridized carbons (Fsp3) is 0.409. The molecule has 0 spiro atoms. The summed E-state index contributed by atoms with van der Waals surface area (Å²) in [4.78, 5) is 12.3. The molecule has 1 amide bonds. The highest BCUT2D eigenvalue weighted by Crippen LogP contribution is 2.20. The molecule has 0 saturated carbocycles. The number of amides is 1. The molecule has 2 aromatic carbocycles. The second-order valence-corrected chi connectivity index (χ2v) is 8.70. The summed E-state index contributed by atoms with van der Waals surface area (Å²) >= 11 is 0. The maximum Gasteiger partial charge on any atom is 0.251 e. The second kappa shape index (κ2) is 10.9. The van der Waals surface area contributed by atoms with Crippen LogP contribution in [0, 0.1) is 0 Å². The summed E-state index contributed by atoms with van der Waals surface area (Å²) in [7, 11) is -3.33. The van der Waals surface area contributed by atoms with Gasteiger partial charge in [0.15, 0.2) is 0 Å². The third kappa shape index (κ3) is 6.78. The zero-order chi connectivity index (χ0) is 21.3. The number of benzene rings is 2. The minimum atomic E-state index is -3.33. The molecule has 2 aromatic rings. The highest BCUT2D eigenvalue weighted by atomic mass is 32.2. The Bertz CT molecular complexity index is 895. The number of carbonyl (C=O) groups excluding carboxylic acids is 1. The van der Waals surface area contributed by atoms with Gasteiger partial charge in [0.2, 0.25) is 10.0 Å². The fourth-order valence-corrected chi connectivity index (χ4v) is 4.01. The fourth-order valence-electron chi connectivity index (χ4n) is 3.03. The lowest BCUT2D eigenvalue weighted by Gasteiger charge is -2.20. The Kier molecular flexibility index (Phi) is 8.51. The molecule has 158 valence electrons. The predicted molar refractivity (Wildman–Crippen MR) is 117 cm³/mol. The van der Waals surface area contributed by atoms with E-state index < -0.39 is 10.0 Å². The normalized spacial score (nSPS) is 11.1. The first-order valence-electron chi connectivity index (χ1n) is 9.93. The van der Waals surface area contributed by atoms with E-state index in [1.54, 1.807) is 31.2 Å². The predicted octanol–water partition coefficient (Wildman–Crippen LogP) is 3.62. The summed E-state index contributed by atoms with van der Waals surface area (Å²) < 4.78 is 30.6. The summed E-state index contributed by atoms with van der Waals surface area (Å²) in [5.74, 6) is 0.733. The van der Waals surface area contributed by atoms with Gasteiger partial charge in [-0.15, -0.1) is 0 Å². The zero-order valence-electron chi connectivity index (χ0n) is 17.3. The van der Waals surface area contributed by atoms with E-state index in [0.717, 1.165) is 30.6 Å². The molecule has 7 heteroatoms. The molecule has 0 saturated heterocycles.